The molecule has 0 amide bonds. The van der Waals surface area contributed by atoms with Gasteiger partial charge >= 0.3 is 5.97 Å². The Labute approximate surface area is 46.2 Å². The molecule has 0 aliphatic carbocycles. The Morgan fingerprint density at radius 1 is 1.50 bits per heavy atom. The summed E-state index contributed by atoms with van der Waals surface area (Å²) in [4.78, 5) is 9.45. The maximum atomic E-state index is 9.45. The fourth-order valence-corrected chi connectivity index (χ4v) is 0. The standard InChI is InChI=1S/C3H6O3.2H2O/c1-2(4)3(5)6;;/h2,4H,1H3,(H,5,6);2*1H2/t2-;;/m0../s1. The Balaban J connectivity index is -0.000000125. The van der Waals surface area contributed by atoms with Gasteiger partial charge in [0.1, 0.15) is 6.10 Å². The van der Waals surface area contributed by atoms with Crippen LogP contribution in [0.5, 0.6) is 0 Å². The molecular formula is C3H10O5. The third-order valence-electron chi connectivity index (χ3n) is 0.357. The van der Waals surface area contributed by atoms with E-state index in [-0.39, 0.29) is 11.0 Å². The summed E-state index contributed by atoms with van der Waals surface area (Å²) >= 11 is 0. The van der Waals surface area contributed by atoms with Crippen molar-refractivity contribution in [3.8, 4) is 0 Å². The zero-order chi connectivity index (χ0) is 5.15. The SMILES string of the molecule is C[C@H](O)C(=O)O.O.O. The molecule has 0 bridgehead atoms. The predicted molar refractivity (Wildman–Crippen MR) is 26.5 cm³/mol. The smallest absolute Gasteiger partial charge is 0.332 e. The molecule has 6 N–H and O–H groups in total. The molecule has 0 aromatic rings. The van der Waals surface area contributed by atoms with E-state index in [9.17, 15) is 4.79 Å². The van der Waals surface area contributed by atoms with Crippen LogP contribution in [-0.2, 0) is 4.79 Å². The van der Waals surface area contributed by atoms with Crippen molar-refractivity contribution in [2.24, 2.45) is 0 Å². The van der Waals surface area contributed by atoms with Crippen molar-refractivity contribution in [1.29, 1.82) is 0 Å². The van der Waals surface area contributed by atoms with Gasteiger partial charge in [-0.25, -0.2) is 4.79 Å². The normalized spacial score (nSPS) is 10.2. The highest BCUT2D eigenvalue weighted by atomic mass is 16.4. The Kier molecular flexibility index (Phi) is 12.4. The van der Waals surface area contributed by atoms with Crippen molar-refractivity contribution < 1.29 is 26.0 Å². The number of carboxylic acids is 1. The monoisotopic (exact) mass is 126 g/mol. The van der Waals surface area contributed by atoms with E-state index >= 15 is 0 Å². The fourth-order valence-electron chi connectivity index (χ4n) is 0. The lowest BCUT2D eigenvalue weighted by molar-refractivity contribution is -0.145. The average Bonchev–Trinajstić information content (AvgIpc) is 1.36. The molecule has 0 unspecified atom stereocenters. The van der Waals surface area contributed by atoms with E-state index in [2.05, 4.69) is 0 Å². The summed E-state index contributed by atoms with van der Waals surface area (Å²) < 4.78 is 0. The van der Waals surface area contributed by atoms with E-state index in [1.165, 1.54) is 6.92 Å². The Morgan fingerprint density at radius 3 is 1.62 bits per heavy atom. The Morgan fingerprint density at radius 2 is 1.62 bits per heavy atom. The van der Waals surface area contributed by atoms with Gasteiger partial charge in [0.05, 0.1) is 0 Å². The van der Waals surface area contributed by atoms with Crippen LogP contribution < -0.4 is 0 Å². The summed E-state index contributed by atoms with van der Waals surface area (Å²) in [6, 6.07) is 0. The van der Waals surface area contributed by atoms with Crippen LogP contribution in [0.4, 0.5) is 0 Å². The maximum absolute atomic E-state index is 9.45. The second kappa shape index (κ2) is 6.35. The highest BCUT2D eigenvalue weighted by molar-refractivity contribution is 5.71. The van der Waals surface area contributed by atoms with E-state index in [4.69, 9.17) is 10.2 Å². The van der Waals surface area contributed by atoms with E-state index in [0.717, 1.165) is 0 Å². The molecule has 0 radical (unpaired) electrons. The van der Waals surface area contributed by atoms with Gasteiger partial charge in [-0.05, 0) is 6.92 Å². The minimum absolute atomic E-state index is 0. The van der Waals surface area contributed by atoms with Crippen molar-refractivity contribution in [2.45, 2.75) is 13.0 Å². The minimum atomic E-state index is -1.23. The number of aliphatic hydroxyl groups excluding tert-OH is 1. The topological polar surface area (TPSA) is 121 Å². The fraction of sp³-hybridized carbons (Fsp3) is 0.667. The van der Waals surface area contributed by atoms with Crippen LogP contribution in [0.15, 0.2) is 0 Å². The second-order valence-electron chi connectivity index (χ2n) is 1.01. The molecule has 52 valence electrons. The molecule has 0 aliphatic heterocycles. The predicted octanol–water partition coefficient (Wildman–Crippen LogP) is -2.20. The zero-order valence-corrected chi connectivity index (χ0v) is 4.38. The van der Waals surface area contributed by atoms with E-state index in [1.54, 1.807) is 0 Å². The number of hydrogen-bond donors (Lipinski definition) is 2. The van der Waals surface area contributed by atoms with Crippen molar-refractivity contribution >= 4 is 5.97 Å². The van der Waals surface area contributed by atoms with Gasteiger partial charge in [0.2, 0.25) is 0 Å². The molecule has 5 heteroatoms. The van der Waals surface area contributed by atoms with Gasteiger partial charge in [-0.2, -0.15) is 0 Å². The first-order chi connectivity index (χ1) is 2.64. The summed E-state index contributed by atoms with van der Waals surface area (Å²) in [6.07, 6.45) is -1.23. The third kappa shape index (κ3) is 9.02. The summed E-state index contributed by atoms with van der Waals surface area (Å²) in [5, 5.41) is 15.8. The number of rotatable bonds is 1. The molecule has 0 fully saturated rings. The zero-order valence-electron chi connectivity index (χ0n) is 4.38. The van der Waals surface area contributed by atoms with E-state index in [1.807, 2.05) is 0 Å². The van der Waals surface area contributed by atoms with Gasteiger partial charge in [-0.15, -0.1) is 0 Å². The first-order valence-electron chi connectivity index (χ1n) is 1.55. The first-order valence-corrected chi connectivity index (χ1v) is 1.55. The van der Waals surface area contributed by atoms with Gasteiger partial charge in [0.15, 0.2) is 0 Å². The van der Waals surface area contributed by atoms with Crippen LogP contribution in [0.3, 0.4) is 0 Å². The van der Waals surface area contributed by atoms with Crippen molar-refractivity contribution in [3.63, 3.8) is 0 Å². The summed E-state index contributed by atoms with van der Waals surface area (Å²) in [5.74, 6) is -1.19. The van der Waals surface area contributed by atoms with Crippen LogP contribution in [-0.4, -0.2) is 33.2 Å². The molecule has 5 nitrogen and oxygen atoms in total. The van der Waals surface area contributed by atoms with Gasteiger partial charge in [0, 0.05) is 0 Å². The summed E-state index contributed by atoms with van der Waals surface area (Å²) in [6.45, 7) is 1.20. The van der Waals surface area contributed by atoms with Gasteiger partial charge in [-0.1, -0.05) is 0 Å². The molecule has 0 heterocycles. The molecule has 1 atom stereocenters. The molecule has 0 saturated heterocycles. The first kappa shape index (κ1) is 15.7. The quantitative estimate of drug-likeness (QED) is 0.414. The maximum Gasteiger partial charge on any atom is 0.332 e. The summed E-state index contributed by atoms with van der Waals surface area (Å²) in [5.41, 5.74) is 0. The van der Waals surface area contributed by atoms with Crippen LogP contribution in [0.1, 0.15) is 6.92 Å². The Hall–Kier alpha value is -0.650. The van der Waals surface area contributed by atoms with Crippen LogP contribution in [0.25, 0.3) is 0 Å². The van der Waals surface area contributed by atoms with Crippen LogP contribution >= 0.6 is 0 Å². The molecule has 0 saturated carbocycles. The highest BCUT2D eigenvalue weighted by Crippen LogP contribution is 1.73. The van der Waals surface area contributed by atoms with Crippen molar-refractivity contribution in [3.05, 3.63) is 0 Å². The Bertz CT molecular complexity index is 58.7. The lowest BCUT2D eigenvalue weighted by atomic mass is 10.4. The number of aliphatic carboxylic acids is 1. The molecule has 0 aromatic heterocycles. The lowest BCUT2D eigenvalue weighted by Crippen LogP contribution is -2.13. The molecule has 0 spiro atoms. The second-order valence-corrected chi connectivity index (χ2v) is 1.01. The molecule has 8 heavy (non-hydrogen) atoms. The largest absolute Gasteiger partial charge is 0.479 e. The molecule has 0 aromatic carbocycles. The van der Waals surface area contributed by atoms with Gasteiger partial charge in [-0.3, -0.25) is 0 Å². The lowest BCUT2D eigenvalue weighted by Gasteiger charge is -1.89. The summed E-state index contributed by atoms with van der Waals surface area (Å²) in [7, 11) is 0. The third-order valence-corrected chi connectivity index (χ3v) is 0.357. The van der Waals surface area contributed by atoms with Gasteiger partial charge in [0.25, 0.3) is 0 Å². The number of carboxylic acid groups (broad SMARTS) is 1. The molecular weight excluding hydrogens is 116 g/mol. The number of carbonyl (C=O) groups is 1. The molecule has 0 aliphatic rings. The van der Waals surface area contributed by atoms with E-state index < -0.39 is 12.1 Å². The number of aliphatic hydroxyl groups is 1. The van der Waals surface area contributed by atoms with Crippen LogP contribution in [0, 0.1) is 0 Å². The van der Waals surface area contributed by atoms with E-state index in [0.29, 0.717) is 0 Å². The van der Waals surface area contributed by atoms with Crippen molar-refractivity contribution in [1.82, 2.24) is 0 Å². The molecule has 0 rings (SSSR count). The highest BCUT2D eigenvalue weighted by Gasteiger charge is 2.01. The van der Waals surface area contributed by atoms with Crippen LogP contribution in [0.2, 0.25) is 0 Å². The van der Waals surface area contributed by atoms with Gasteiger partial charge < -0.3 is 21.2 Å². The van der Waals surface area contributed by atoms with Crippen molar-refractivity contribution in [2.75, 3.05) is 0 Å². The average molecular weight is 126 g/mol. The number of hydrogen-bond acceptors (Lipinski definition) is 2. The minimum Gasteiger partial charge on any atom is -0.479 e.